The van der Waals surface area contributed by atoms with Crippen molar-refractivity contribution in [2.75, 3.05) is 0 Å². The molecule has 92 valence electrons. The molecule has 1 heterocycles. The van der Waals surface area contributed by atoms with Gasteiger partial charge in [0, 0.05) is 12.7 Å². The average molecular weight is 224 g/mol. The van der Waals surface area contributed by atoms with E-state index in [-0.39, 0.29) is 11.5 Å². The van der Waals surface area contributed by atoms with Crippen LogP contribution >= 0.6 is 0 Å². The van der Waals surface area contributed by atoms with Crippen molar-refractivity contribution in [1.29, 1.82) is 0 Å². The Morgan fingerprint density at radius 1 is 1.44 bits per heavy atom. The van der Waals surface area contributed by atoms with Crippen LogP contribution in [-0.4, -0.2) is 21.0 Å². The third-order valence-corrected chi connectivity index (χ3v) is 2.95. The van der Waals surface area contributed by atoms with Crippen LogP contribution in [0.4, 0.5) is 0 Å². The van der Waals surface area contributed by atoms with Gasteiger partial charge in [-0.1, -0.05) is 20.8 Å². The van der Waals surface area contributed by atoms with Crippen molar-refractivity contribution < 1.29 is 5.11 Å². The van der Waals surface area contributed by atoms with E-state index in [9.17, 15) is 5.11 Å². The molecule has 1 rings (SSSR count). The van der Waals surface area contributed by atoms with Crippen LogP contribution in [0.15, 0.2) is 12.4 Å². The summed E-state index contributed by atoms with van der Waals surface area (Å²) in [5.41, 5.74) is 1.26. The Labute approximate surface area is 98.5 Å². The molecular weight excluding hydrogens is 200 g/mol. The normalized spacial score (nSPS) is 14.1. The Morgan fingerprint density at radius 3 is 2.62 bits per heavy atom. The summed E-state index contributed by atoms with van der Waals surface area (Å²) < 4.78 is 1.94. The minimum absolute atomic E-state index is 0.00635. The number of aromatic nitrogens is 2. The van der Waals surface area contributed by atoms with Crippen LogP contribution in [0.2, 0.25) is 0 Å². The topological polar surface area (TPSA) is 38.0 Å². The quantitative estimate of drug-likeness (QED) is 0.835. The van der Waals surface area contributed by atoms with E-state index >= 15 is 0 Å². The SMILES string of the molecule is CCn1cc(CCCC(O)C(C)(C)C)cn1. The number of hydrogen-bond donors (Lipinski definition) is 1. The van der Waals surface area contributed by atoms with Crippen LogP contribution in [0.25, 0.3) is 0 Å². The highest BCUT2D eigenvalue weighted by Crippen LogP contribution is 2.23. The van der Waals surface area contributed by atoms with E-state index < -0.39 is 0 Å². The maximum absolute atomic E-state index is 9.89. The van der Waals surface area contributed by atoms with Crippen molar-refractivity contribution in [2.24, 2.45) is 5.41 Å². The van der Waals surface area contributed by atoms with E-state index in [1.165, 1.54) is 5.56 Å². The molecule has 0 radical (unpaired) electrons. The summed E-state index contributed by atoms with van der Waals surface area (Å²) in [5.74, 6) is 0. The Bertz CT molecular complexity index is 312. The molecule has 3 heteroatoms. The van der Waals surface area contributed by atoms with Gasteiger partial charge in [-0.2, -0.15) is 5.10 Å². The van der Waals surface area contributed by atoms with Crippen LogP contribution in [0.1, 0.15) is 46.1 Å². The second-order valence-corrected chi connectivity index (χ2v) is 5.48. The predicted octanol–water partition coefficient (Wildman–Crippen LogP) is 2.63. The van der Waals surface area contributed by atoms with E-state index in [1.807, 2.05) is 10.9 Å². The zero-order valence-corrected chi connectivity index (χ0v) is 10.9. The lowest BCUT2D eigenvalue weighted by molar-refractivity contribution is 0.0540. The molecule has 0 aliphatic rings. The summed E-state index contributed by atoms with van der Waals surface area (Å²) in [6.07, 6.45) is 6.69. The molecule has 0 fully saturated rings. The lowest BCUT2D eigenvalue weighted by Crippen LogP contribution is -2.25. The van der Waals surface area contributed by atoms with E-state index in [0.29, 0.717) is 0 Å². The lowest BCUT2D eigenvalue weighted by atomic mass is 9.86. The fourth-order valence-corrected chi connectivity index (χ4v) is 1.64. The summed E-state index contributed by atoms with van der Waals surface area (Å²) >= 11 is 0. The number of aliphatic hydroxyl groups is 1. The van der Waals surface area contributed by atoms with Crippen LogP contribution in [0, 0.1) is 5.41 Å². The van der Waals surface area contributed by atoms with Gasteiger partial charge < -0.3 is 5.11 Å². The molecule has 0 bridgehead atoms. The molecule has 3 nitrogen and oxygen atoms in total. The van der Waals surface area contributed by atoms with Gasteiger partial charge in [-0.3, -0.25) is 4.68 Å². The van der Waals surface area contributed by atoms with E-state index in [2.05, 4.69) is 39.0 Å². The van der Waals surface area contributed by atoms with Crippen LogP contribution in [0.5, 0.6) is 0 Å². The summed E-state index contributed by atoms with van der Waals surface area (Å²) in [7, 11) is 0. The van der Waals surface area contributed by atoms with E-state index in [1.54, 1.807) is 0 Å². The molecule has 1 aromatic rings. The number of hydrogen-bond acceptors (Lipinski definition) is 2. The van der Waals surface area contributed by atoms with Gasteiger partial charge in [0.15, 0.2) is 0 Å². The molecule has 0 aliphatic carbocycles. The van der Waals surface area contributed by atoms with E-state index in [0.717, 1.165) is 25.8 Å². The molecule has 0 saturated heterocycles. The number of rotatable bonds is 5. The van der Waals surface area contributed by atoms with Gasteiger partial charge in [0.05, 0.1) is 12.3 Å². The highest BCUT2D eigenvalue weighted by molar-refractivity contribution is 5.03. The fraction of sp³-hybridized carbons (Fsp3) is 0.769. The predicted molar refractivity (Wildman–Crippen MR) is 66.3 cm³/mol. The Morgan fingerprint density at radius 2 is 2.12 bits per heavy atom. The van der Waals surface area contributed by atoms with Gasteiger partial charge in [0.1, 0.15) is 0 Å². The summed E-state index contributed by atoms with van der Waals surface area (Å²) in [6, 6.07) is 0. The smallest absolute Gasteiger partial charge is 0.0588 e. The maximum Gasteiger partial charge on any atom is 0.0588 e. The second-order valence-electron chi connectivity index (χ2n) is 5.48. The first-order valence-corrected chi connectivity index (χ1v) is 6.13. The van der Waals surface area contributed by atoms with Gasteiger partial charge in [-0.15, -0.1) is 0 Å². The Hall–Kier alpha value is -0.830. The Kier molecular flexibility index (Phi) is 4.54. The zero-order chi connectivity index (χ0) is 12.2. The lowest BCUT2D eigenvalue weighted by Gasteiger charge is -2.25. The number of nitrogens with zero attached hydrogens (tertiary/aromatic N) is 2. The largest absolute Gasteiger partial charge is 0.393 e. The standard InChI is InChI=1S/C13H24N2O/c1-5-15-10-11(9-14-15)7-6-8-12(16)13(2,3)4/h9-10,12,16H,5-8H2,1-4H3. The Balaban J connectivity index is 2.30. The van der Waals surface area contributed by atoms with Gasteiger partial charge in [-0.25, -0.2) is 0 Å². The van der Waals surface area contributed by atoms with Crippen LogP contribution in [0.3, 0.4) is 0 Å². The maximum atomic E-state index is 9.89. The average Bonchev–Trinajstić information content (AvgIpc) is 2.64. The van der Waals surface area contributed by atoms with Crippen molar-refractivity contribution in [2.45, 2.75) is 59.6 Å². The molecule has 1 N–H and O–H groups in total. The monoisotopic (exact) mass is 224 g/mol. The molecule has 0 saturated carbocycles. The first-order chi connectivity index (χ1) is 7.43. The molecular formula is C13H24N2O. The molecule has 0 spiro atoms. The summed E-state index contributed by atoms with van der Waals surface area (Å²) in [4.78, 5) is 0. The third kappa shape index (κ3) is 3.97. The molecule has 1 atom stereocenters. The van der Waals surface area contributed by atoms with Crippen LogP contribution in [-0.2, 0) is 13.0 Å². The summed E-state index contributed by atoms with van der Waals surface area (Å²) in [5, 5.41) is 14.1. The molecule has 1 unspecified atom stereocenters. The highest BCUT2D eigenvalue weighted by atomic mass is 16.3. The highest BCUT2D eigenvalue weighted by Gasteiger charge is 2.21. The van der Waals surface area contributed by atoms with Gasteiger partial charge >= 0.3 is 0 Å². The fourth-order valence-electron chi connectivity index (χ4n) is 1.64. The van der Waals surface area contributed by atoms with Gasteiger partial charge in [0.2, 0.25) is 0 Å². The van der Waals surface area contributed by atoms with Crippen molar-refractivity contribution in [3.63, 3.8) is 0 Å². The summed E-state index contributed by atoms with van der Waals surface area (Å²) in [6.45, 7) is 9.23. The molecule has 0 aromatic carbocycles. The first-order valence-electron chi connectivity index (χ1n) is 6.13. The molecule has 0 aliphatic heterocycles. The van der Waals surface area contributed by atoms with Crippen molar-refractivity contribution >= 4 is 0 Å². The van der Waals surface area contributed by atoms with Gasteiger partial charge in [-0.05, 0) is 37.2 Å². The van der Waals surface area contributed by atoms with Crippen molar-refractivity contribution in [3.8, 4) is 0 Å². The van der Waals surface area contributed by atoms with Crippen molar-refractivity contribution in [3.05, 3.63) is 18.0 Å². The van der Waals surface area contributed by atoms with Crippen LogP contribution < -0.4 is 0 Å². The number of aliphatic hydroxyl groups excluding tert-OH is 1. The van der Waals surface area contributed by atoms with Crippen molar-refractivity contribution in [1.82, 2.24) is 9.78 Å². The third-order valence-electron chi connectivity index (χ3n) is 2.95. The van der Waals surface area contributed by atoms with E-state index in [4.69, 9.17) is 0 Å². The molecule has 16 heavy (non-hydrogen) atoms. The second kappa shape index (κ2) is 5.48. The zero-order valence-electron chi connectivity index (χ0n) is 10.9. The number of aryl methyl sites for hydroxylation is 2. The minimum Gasteiger partial charge on any atom is -0.393 e. The first kappa shape index (κ1) is 13.2. The minimum atomic E-state index is -0.214. The molecule has 1 aromatic heterocycles. The van der Waals surface area contributed by atoms with Gasteiger partial charge in [0.25, 0.3) is 0 Å². The molecule has 0 amide bonds.